The van der Waals surface area contributed by atoms with Gasteiger partial charge in [-0.3, -0.25) is 4.99 Å². The number of halogens is 4. The molecule has 2 atom stereocenters. The molecule has 0 radical (unpaired) electrons. The van der Waals surface area contributed by atoms with Gasteiger partial charge < -0.3 is 24.8 Å². The van der Waals surface area contributed by atoms with E-state index >= 15 is 0 Å². The van der Waals surface area contributed by atoms with E-state index in [0.29, 0.717) is 25.0 Å². The molecule has 1 heterocycles. The summed E-state index contributed by atoms with van der Waals surface area (Å²) in [6, 6.07) is 4.59. The molecule has 2 rings (SSSR count). The number of benzene rings is 1. The van der Waals surface area contributed by atoms with Gasteiger partial charge in [-0.05, 0) is 31.5 Å². The zero-order valence-electron chi connectivity index (χ0n) is 16.6. The molecule has 1 fully saturated rings. The molecule has 0 aliphatic carbocycles. The second-order valence-corrected chi connectivity index (χ2v) is 6.74. The maximum atomic E-state index is 12.7. The number of aliphatic imine (C=N–C) groups is 1. The zero-order valence-corrected chi connectivity index (χ0v) is 18.9. The molecule has 0 bridgehead atoms. The second-order valence-electron chi connectivity index (χ2n) is 6.74. The first kappa shape index (κ1) is 25.8. The maximum absolute atomic E-state index is 12.7. The Labute approximate surface area is 186 Å². The molecule has 0 spiro atoms. The summed E-state index contributed by atoms with van der Waals surface area (Å²) in [5, 5.41) is 13.3. The highest BCUT2D eigenvalue weighted by Crippen LogP contribution is 2.31. The molecule has 1 aliphatic heterocycles. The number of ether oxygens (including phenoxy) is 2. The highest BCUT2D eigenvalue weighted by molar-refractivity contribution is 14.0. The van der Waals surface area contributed by atoms with Gasteiger partial charge in [0, 0.05) is 32.7 Å². The van der Waals surface area contributed by atoms with Gasteiger partial charge in [-0.2, -0.15) is 13.2 Å². The van der Waals surface area contributed by atoms with E-state index in [1.54, 1.807) is 7.11 Å². The summed E-state index contributed by atoms with van der Waals surface area (Å²) in [6.45, 7) is 4.99. The molecule has 29 heavy (non-hydrogen) atoms. The fourth-order valence-corrected chi connectivity index (χ4v) is 3.02. The smallest absolute Gasteiger partial charge is 0.416 e. The number of rotatable bonds is 8. The molecule has 166 valence electrons. The van der Waals surface area contributed by atoms with E-state index in [1.807, 2.05) is 6.92 Å². The summed E-state index contributed by atoms with van der Waals surface area (Å²) in [6.07, 6.45) is -4.35. The van der Waals surface area contributed by atoms with Crippen molar-refractivity contribution in [1.82, 2.24) is 10.2 Å². The third kappa shape index (κ3) is 8.55. The van der Waals surface area contributed by atoms with E-state index in [2.05, 4.69) is 15.2 Å². The minimum Gasteiger partial charge on any atom is -0.491 e. The Morgan fingerprint density at radius 3 is 2.83 bits per heavy atom. The number of nitrogens with one attached hydrogen (secondary N) is 1. The van der Waals surface area contributed by atoms with E-state index in [0.717, 1.165) is 31.6 Å². The number of aliphatic hydroxyl groups is 1. The van der Waals surface area contributed by atoms with Gasteiger partial charge in [0.2, 0.25) is 0 Å². The Morgan fingerprint density at radius 1 is 1.41 bits per heavy atom. The van der Waals surface area contributed by atoms with E-state index in [-0.39, 0.29) is 42.9 Å². The van der Waals surface area contributed by atoms with Crippen molar-refractivity contribution in [3.63, 3.8) is 0 Å². The molecular weight excluding hydrogens is 502 g/mol. The van der Waals surface area contributed by atoms with Crippen molar-refractivity contribution >= 4 is 29.9 Å². The van der Waals surface area contributed by atoms with Gasteiger partial charge in [-0.25, -0.2) is 0 Å². The van der Waals surface area contributed by atoms with Crippen LogP contribution in [0, 0.1) is 5.92 Å². The van der Waals surface area contributed by atoms with Crippen LogP contribution >= 0.6 is 24.0 Å². The maximum Gasteiger partial charge on any atom is 0.416 e. The van der Waals surface area contributed by atoms with Gasteiger partial charge in [0.1, 0.15) is 18.5 Å². The minimum absolute atomic E-state index is 0. The van der Waals surface area contributed by atoms with Gasteiger partial charge in [-0.15, -0.1) is 24.0 Å². The van der Waals surface area contributed by atoms with Gasteiger partial charge in [0.05, 0.1) is 18.7 Å². The fraction of sp³-hybridized carbons (Fsp3) is 0.632. The van der Waals surface area contributed by atoms with Crippen LogP contribution in [0.5, 0.6) is 5.75 Å². The van der Waals surface area contributed by atoms with E-state index in [1.165, 1.54) is 12.1 Å². The highest BCUT2D eigenvalue weighted by Gasteiger charge is 2.30. The van der Waals surface area contributed by atoms with Crippen molar-refractivity contribution in [2.75, 3.05) is 46.5 Å². The molecule has 0 amide bonds. The first-order valence-electron chi connectivity index (χ1n) is 9.33. The van der Waals surface area contributed by atoms with Gasteiger partial charge in [0.15, 0.2) is 5.96 Å². The van der Waals surface area contributed by atoms with Gasteiger partial charge >= 0.3 is 6.18 Å². The quantitative estimate of drug-likeness (QED) is 0.307. The molecule has 6 nitrogen and oxygen atoms in total. The van der Waals surface area contributed by atoms with E-state index < -0.39 is 17.8 Å². The van der Waals surface area contributed by atoms with Crippen LogP contribution in [0.15, 0.2) is 29.3 Å². The summed E-state index contributed by atoms with van der Waals surface area (Å²) in [5.41, 5.74) is -0.786. The van der Waals surface area contributed by atoms with Crippen molar-refractivity contribution in [2.45, 2.75) is 25.6 Å². The van der Waals surface area contributed by atoms with Crippen LogP contribution < -0.4 is 10.1 Å². The minimum atomic E-state index is -4.43. The number of hydrogen-bond donors (Lipinski definition) is 2. The molecule has 1 aromatic carbocycles. The summed E-state index contributed by atoms with van der Waals surface area (Å²) in [7, 11) is 1.68. The van der Waals surface area contributed by atoms with Crippen LogP contribution in [0.3, 0.4) is 0 Å². The van der Waals surface area contributed by atoms with Crippen LogP contribution in [0.4, 0.5) is 13.2 Å². The van der Waals surface area contributed by atoms with Crippen LogP contribution in [-0.4, -0.2) is 68.6 Å². The third-order valence-electron chi connectivity index (χ3n) is 4.38. The SMILES string of the molecule is CCNC(=NCC(O)COc1cccc(C(F)(F)F)c1)N1CCC(COC)C1.I. The lowest BCUT2D eigenvalue weighted by Gasteiger charge is -2.22. The fourth-order valence-electron chi connectivity index (χ4n) is 3.02. The van der Waals surface area contributed by atoms with Crippen molar-refractivity contribution < 1.29 is 27.8 Å². The molecule has 1 saturated heterocycles. The first-order valence-corrected chi connectivity index (χ1v) is 9.33. The second kappa shape index (κ2) is 12.4. The molecule has 1 aliphatic rings. The number of guanidine groups is 1. The molecular formula is C19H29F3IN3O3. The van der Waals surface area contributed by atoms with Crippen LogP contribution in [0.2, 0.25) is 0 Å². The van der Waals surface area contributed by atoms with Crippen molar-refractivity contribution in [3.05, 3.63) is 29.8 Å². The van der Waals surface area contributed by atoms with Crippen molar-refractivity contribution in [2.24, 2.45) is 10.9 Å². The standard InChI is InChI=1S/C19H28F3N3O3.HI/c1-3-23-18(25-8-7-14(11-25)12-27-2)24-10-16(26)13-28-17-6-4-5-15(9-17)19(20,21)22;/h4-6,9,14,16,26H,3,7-8,10-13H2,1-2H3,(H,23,24);1H. The summed E-state index contributed by atoms with van der Waals surface area (Å²) in [5.74, 6) is 1.22. The molecule has 0 aromatic heterocycles. The zero-order chi connectivity index (χ0) is 20.6. The predicted molar refractivity (Wildman–Crippen MR) is 116 cm³/mol. The number of nitrogens with zero attached hydrogens (tertiary/aromatic N) is 2. The monoisotopic (exact) mass is 531 g/mol. The number of aliphatic hydroxyl groups excluding tert-OH is 1. The third-order valence-corrected chi connectivity index (χ3v) is 4.38. The molecule has 10 heteroatoms. The summed E-state index contributed by atoms with van der Waals surface area (Å²) in [4.78, 5) is 6.56. The van der Waals surface area contributed by atoms with Crippen LogP contribution in [-0.2, 0) is 10.9 Å². The first-order chi connectivity index (χ1) is 13.3. The van der Waals surface area contributed by atoms with Crippen molar-refractivity contribution in [3.8, 4) is 5.75 Å². The number of hydrogen-bond acceptors (Lipinski definition) is 4. The lowest BCUT2D eigenvalue weighted by Crippen LogP contribution is -2.41. The number of likely N-dealkylation sites (tertiary alicyclic amines) is 1. The summed E-state index contributed by atoms with van der Waals surface area (Å²) >= 11 is 0. The lowest BCUT2D eigenvalue weighted by molar-refractivity contribution is -0.137. The Bertz CT molecular complexity index is 647. The number of methoxy groups -OCH3 is 1. The summed E-state index contributed by atoms with van der Waals surface area (Å²) < 4.78 is 48.7. The van der Waals surface area contributed by atoms with Crippen molar-refractivity contribution in [1.29, 1.82) is 0 Å². The largest absolute Gasteiger partial charge is 0.491 e. The molecule has 2 N–H and O–H groups in total. The van der Waals surface area contributed by atoms with Crippen LogP contribution in [0.1, 0.15) is 18.9 Å². The predicted octanol–water partition coefficient (Wildman–Crippen LogP) is 3.00. The van der Waals surface area contributed by atoms with Gasteiger partial charge in [-0.1, -0.05) is 6.07 Å². The lowest BCUT2D eigenvalue weighted by atomic mass is 10.1. The molecule has 1 aromatic rings. The highest BCUT2D eigenvalue weighted by atomic mass is 127. The van der Waals surface area contributed by atoms with E-state index in [4.69, 9.17) is 9.47 Å². The van der Waals surface area contributed by atoms with Crippen LogP contribution in [0.25, 0.3) is 0 Å². The molecule has 2 unspecified atom stereocenters. The normalized spacial score (nSPS) is 18.3. The molecule has 0 saturated carbocycles. The Hall–Kier alpha value is -1.27. The average molecular weight is 531 g/mol. The number of alkyl halides is 3. The Balaban J connectivity index is 0.00000420. The average Bonchev–Trinajstić information content (AvgIpc) is 3.12. The van der Waals surface area contributed by atoms with Gasteiger partial charge in [0.25, 0.3) is 0 Å². The van der Waals surface area contributed by atoms with E-state index in [9.17, 15) is 18.3 Å². The Morgan fingerprint density at radius 2 is 2.17 bits per heavy atom. The Kier molecular flexibility index (Phi) is 11.0. The topological polar surface area (TPSA) is 66.3 Å².